The first kappa shape index (κ1) is 12.4. The number of ether oxygens (including phenoxy) is 2. The van der Waals surface area contributed by atoms with Crippen molar-refractivity contribution >= 4 is 12.2 Å². The molecule has 1 aliphatic carbocycles. The van der Waals surface area contributed by atoms with E-state index in [1.54, 1.807) is 0 Å². The van der Waals surface area contributed by atoms with E-state index in [4.69, 9.17) is 0 Å². The van der Waals surface area contributed by atoms with Crippen LogP contribution in [0.25, 0.3) is 0 Å². The van der Waals surface area contributed by atoms with Crippen molar-refractivity contribution in [3.8, 4) is 0 Å². The molecule has 0 bridgehead atoms. The van der Waals surface area contributed by atoms with Crippen molar-refractivity contribution in [2.24, 2.45) is 0 Å². The average molecular weight is 228 g/mol. The maximum absolute atomic E-state index is 11.1. The number of amides is 2. The van der Waals surface area contributed by atoms with Crippen LogP contribution in [-0.4, -0.2) is 38.5 Å². The third kappa shape index (κ3) is 3.45. The Balaban J connectivity index is 2.54. The molecule has 2 N–H and O–H groups in total. The largest absolute Gasteiger partial charge is 0.453 e. The first-order valence-corrected chi connectivity index (χ1v) is 5.01. The van der Waals surface area contributed by atoms with E-state index < -0.39 is 12.2 Å². The summed E-state index contributed by atoms with van der Waals surface area (Å²) in [5, 5.41) is 5.33. The summed E-state index contributed by atoms with van der Waals surface area (Å²) in [6.45, 7) is 0. The number of hydrogen-bond acceptors (Lipinski definition) is 4. The van der Waals surface area contributed by atoms with Gasteiger partial charge in [-0.15, -0.1) is 0 Å². The van der Waals surface area contributed by atoms with Crippen molar-refractivity contribution < 1.29 is 19.1 Å². The van der Waals surface area contributed by atoms with Crippen molar-refractivity contribution in [3.05, 3.63) is 12.2 Å². The van der Waals surface area contributed by atoms with Gasteiger partial charge < -0.3 is 20.1 Å². The number of carbonyl (C=O) groups excluding carboxylic acids is 2. The van der Waals surface area contributed by atoms with Crippen LogP contribution in [0, 0.1) is 0 Å². The molecule has 2 amide bonds. The minimum Gasteiger partial charge on any atom is -0.453 e. The van der Waals surface area contributed by atoms with Gasteiger partial charge in [-0.2, -0.15) is 0 Å². The summed E-state index contributed by atoms with van der Waals surface area (Å²) in [6.07, 6.45) is 4.22. The van der Waals surface area contributed by atoms with Gasteiger partial charge in [0.05, 0.1) is 26.3 Å². The Labute approximate surface area is 94.0 Å². The normalized spacial score (nSPS) is 23.4. The molecule has 0 radical (unpaired) electrons. The summed E-state index contributed by atoms with van der Waals surface area (Å²) < 4.78 is 9.03. The molecule has 0 unspecified atom stereocenters. The highest BCUT2D eigenvalue weighted by Gasteiger charge is 2.25. The van der Waals surface area contributed by atoms with E-state index in [2.05, 4.69) is 20.1 Å². The molecule has 0 heterocycles. The Hall–Kier alpha value is -1.72. The third-order valence-electron chi connectivity index (χ3n) is 2.41. The Morgan fingerprint density at radius 1 is 1.00 bits per heavy atom. The lowest BCUT2D eigenvalue weighted by atomic mass is 9.96. The molecule has 0 aliphatic heterocycles. The Morgan fingerprint density at radius 2 is 1.38 bits per heavy atom. The lowest BCUT2D eigenvalue weighted by Crippen LogP contribution is -2.52. The molecule has 0 saturated heterocycles. The van der Waals surface area contributed by atoms with Gasteiger partial charge in [-0.3, -0.25) is 0 Å². The summed E-state index contributed by atoms with van der Waals surface area (Å²) in [4.78, 5) is 22.2. The van der Waals surface area contributed by atoms with Crippen LogP contribution in [0.4, 0.5) is 9.59 Å². The van der Waals surface area contributed by atoms with Gasteiger partial charge in [0, 0.05) is 0 Å². The fourth-order valence-electron chi connectivity index (χ4n) is 1.55. The number of alkyl carbamates (subject to hydrolysis) is 2. The summed E-state index contributed by atoms with van der Waals surface area (Å²) >= 11 is 0. The monoisotopic (exact) mass is 228 g/mol. The highest BCUT2D eigenvalue weighted by molar-refractivity contribution is 5.69. The molecule has 2 atom stereocenters. The SMILES string of the molecule is COC(=O)N[C@@H]1CC=CC[C@H]1NC(=O)OC. The van der Waals surface area contributed by atoms with Gasteiger partial charge >= 0.3 is 12.2 Å². The van der Waals surface area contributed by atoms with Gasteiger partial charge in [-0.1, -0.05) is 12.2 Å². The number of carbonyl (C=O) groups is 2. The van der Waals surface area contributed by atoms with Gasteiger partial charge in [-0.25, -0.2) is 9.59 Å². The first-order chi connectivity index (χ1) is 7.67. The predicted octanol–water partition coefficient (Wildman–Crippen LogP) is 0.786. The van der Waals surface area contributed by atoms with Crippen molar-refractivity contribution in [1.82, 2.24) is 10.6 Å². The quantitative estimate of drug-likeness (QED) is 0.685. The number of nitrogens with one attached hydrogen (secondary N) is 2. The second-order valence-corrected chi connectivity index (χ2v) is 3.43. The molecule has 0 aromatic carbocycles. The van der Waals surface area contributed by atoms with Crippen LogP contribution in [0.15, 0.2) is 12.2 Å². The van der Waals surface area contributed by atoms with Crippen LogP contribution >= 0.6 is 0 Å². The van der Waals surface area contributed by atoms with Crippen LogP contribution in [0.2, 0.25) is 0 Å². The van der Waals surface area contributed by atoms with E-state index >= 15 is 0 Å². The van der Waals surface area contributed by atoms with Gasteiger partial charge in [0.15, 0.2) is 0 Å². The molecular weight excluding hydrogens is 212 g/mol. The Bertz CT molecular complexity index is 263. The smallest absolute Gasteiger partial charge is 0.407 e. The summed E-state index contributed by atoms with van der Waals surface area (Å²) in [5.41, 5.74) is 0. The average Bonchev–Trinajstić information content (AvgIpc) is 2.31. The predicted molar refractivity (Wildman–Crippen MR) is 57.0 cm³/mol. The summed E-state index contributed by atoms with van der Waals surface area (Å²) in [7, 11) is 2.60. The van der Waals surface area contributed by atoms with Gasteiger partial charge in [0.25, 0.3) is 0 Å². The van der Waals surface area contributed by atoms with Gasteiger partial charge in [0.1, 0.15) is 0 Å². The second kappa shape index (κ2) is 5.99. The third-order valence-corrected chi connectivity index (χ3v) is 2.41. The Morgan fingerprint density at radius 3 is 1.69 bits per heavy atom. The number of methoxy groups -OCH3 is 2. The molecule has 6 heteroatoms. The molecule has 0 aromatic heterocycles. The highest BCUT2D eigenvalue weighted by Crippen LogP contribution is 2.12. The summed E-state index contributed by atoms with van der Waals surface area (Å²) in [6, 6.07) is -0.340. The van der Waals surface area contributed by atoms with E-state index in [1.807, 2.05) is 12.2 Å². The first-order valence-electron chi connectivity index (χ1n) is 5.01. The summed E-state index contributed by atoms with van der Waals surface area (Å²) in [5.74, 6) is 0. The van der Waals surface area contributed by atoms with Gasteiger partial charge in [0.2, 0.25) is 0 Å². The molecule has 0 saturated carbocycles. The minimum atomic E-state index is -0.503. The van der Waals surface area contributed by atoms with Crippen LogP contribution in [-0.2, 0) is 9.47 Å². The van der Waals surface area contributed by atoms with Crippen molar-refractivity contribution in [2.75, 3.05) is 14.2 Å². The highest BCUT2D eigenvalue weighted by atomic mass is 16.5. The van der Waals surface area contributed by atoms with Crippen molar-refractivity contribution in [3.63, 3.8) is 0 Å². The van der Waals surface area contributed by atoms with Crippen LogP contribution < -0.4 is 10.6 Å². The molecule has 6 nitrogen and oxygen atoms in total. The zero-order valence-electron chi connectivity index (χ0n) is 9.36. The molecule has 1 aliphatic rings. The molecule has 16 heavy (non-hydrogen) atoms. The lowest BCUT2D eigenvalue weighted by Gasteiger charge is -2.28. The van der Waals surface area contributed by atoms with Crippen LogP contribution in [0.5, 0.6) is 0 Å². The fraction of sp³-hybridized carbons (Fsp3) is 0.600. The Kier molecular flexibility index (Phi) is 4.63. The van der Waals surface area contributed by atoms with E-state index in [0.29, 0.717) is 12.8 Å². The lowest BCUT2D eigenvalue weighted by molar-refractivity contribution is 0.152. The molecule has 0 fully saturated rings. The maximum atomic E-state index is 11.1. The van der Waals surface area contributed by atoms with Crippen LogP contribution in [0.3, 0.4) is 0 Å². The van der Waals surface area contributed by atoms with Crippen molar-refractivity contribution in [1.29, 1.82) is 0 Å². The molecular formula is C10H16N2O4. The molecule has 0 spiro atoms. The zero-order valence-corrected chi connectivity index (χ0v) is 9.36. The standard InChI is InChI=1S/C10H16N2O4/c1-15-9(13)11-7-5-3-4-6-8(7)12-10(14)16-2/h3-4,7-8H,5-6H2,1-2H3,(H,11,13)(H,12,14)/t7-,8-/m1/s1. The number of hydrogen-bond donors (Lipinski definition) is 2. The van der Waals surface area contributed by atoms with E-state index in [1.165, 1.54) is 14.2 Å². The topological polar surface area (TPSA) is 76.7 Å². The molecule has 90 valence electrons. The fourth-order valence-corrected chi connectivity index (χ4v) is 1.55. The second-order valence-electron chi connectivity index (χ2n) is 3.43. The van der Waals surface area contributed by atoms with E-state index in [9.17, 15) is 9.59 Å². The van der Waals surface area contributed by atoms with E-state index in [-0.39, 0.29) is 12.1 Å². The zero-order chi connectivity index (χ0) is 12.0. The molecule has 1 rings (SSSR count). The van der Waals surface area contributed by atoms with E-state index in [0.717, 1.165) is 0 Å². The van der Waals surface area contributed by atoms with Crippen LogP contribution in [0.1, 0.15) is 12.8 Å². The van der Waals surface area contributed by atoms with Crippen molar-refractivity contribution in [2.45, 2.75) is 24.9 Å². The maximum Gasteiger partial charge on any atom is 0.407 e. The van der Waals surface area contributed by atoms with Gasteiger partial charge in [-0.05, 0) is 12.8 Å². The minimum absolute atomic E-state index is 0.170. The molecule has 0 aromatic rings. The number of rotatable bonds is 2.